The summed E-state index contributed by atoms with van der Waals surface area (Å²) in [5.41, 5.74) is 0. The van der Waals surface area contributed by atoms with Crippen LogP contribution in [-0.2, 0) is 9.59 Å². The lowest BCUT2D eigenvalue weighted by molar-refractivity contribution is -0.131. The van der Waals surface area contributed by atoms with Gasteiger partial charge in [-0.05, 0) is 12.8 Å². The molecule has 1 aliphatic rings. The number of nitrogens with one attached hydrogen (secondary N) is 1. The van der Waals surface area contributed by atoms with Gasteiger partial charge in [0.15, 0.2) is 0 Å². The van der Waals surface area contributed by atoms with Crippen LogP contribution in [0.3, 0.4) is 0 Å². The monoisotopic (exact) mass is 268 g/mol. The van der Waals surface area contributed by atoms with Crippen molar-refractivity contribution in [2.75, 3.05) is 26.2 Å². The zero-order valence-electron chi connectivity index (χ0n) is 11.4. The van der Waals surface area contributed by atoms with E-state index in [0.29, 0.717) is 19.6 Å². The van der Waals surface area contributed by atoms with E-state index in [1.54, 1.807) is 6.08 Å². The second-order valence-electron chi connectivity index (χ2n) is 4.87. The SMILES string of the molecule is C=CCN(CCO)C(=O)CCNC(=O)C1CCCC1. The molecule has 0 bridgehead atoms. The molecule has 108 valence electrons. The molecule has 0 radical (unpaired) electrons. The predicted molar refractivity (Wildman–Crippen MR) is 73.4 cm³/mol. The maximum absolute atomic E-state index is 11.8. The van der Waals surface area contributed by atoms with E-state index in [9.17, 15) is 9.59 Å². The Hall–Kier alpha value is -1.36. The first-order valence-electron chi connectivity index (χ1n) is 6.96. The summed E-state index contributed by atoms with van der Waals surface area (Å²) in [7, 11) is 0. The summed E-state index contributed by atoms with van der Waals surface area (Å²) in [5.74, 6) is 0.139. The Balaban J connectivity index is 2.24. The molecule has 0 unspecified atom stereocenters. The minimum absolute atomic E-state index is 0.0615. The van der Waals surface area contributed by atoms with E-state index in [1.807, 2.05) is 0 Å². The van der Waals surface area contributed by atoms with Crippen molar-refractivity contribution in [2.24, 2.45) is 5.92 Å². The Morgan fingerprint density at radius 1 is 1.37 bits per heavy atom. The van der Waals surface area contributed by atoms with Crippen molar-refractivity contribution in [1.82, 2.24) is 10.2 Å². The second kappa shape index (κ2) is 8.69. The molecule has 5 nitrogen and oxygen atoms in total. The van der Waals surface area contributed by atoms with Crippen molar-refractivity contribution in [1.29, 1.82) is 0 Å². The largest absolute Gasteiger partial charge is 0.395 e. The van der Waals surface area contributed by atoms with Gasteiger partial charge in [-0.15, -0.1) is 6.58 Å². The molecular weight excluding hydrogens is 244 g/mol. The van der Waals surface area contributed by atoms with Gasteiger partial charge >= 0.3 is 0 Å². The molecular formula is C14H24N2O3. The second-order valence-corrected chi connectivity index (χ2v) is 4.87. The smallest absolute Gasteiger partial charge is 0.224 e. The maximum atomic E-state index is 11.8. The summed E-state index contributed by atoms with van der Waals surface area (Å²) in [5, 5.41) is 11.7. The van der Waals surface area contributed by atoms with Gasteiger partial charge in [0.1, 0.15) is 0 Å². The topological polar surface area (TPSA) is 69.6 Å². The van der Waals surface area contributed by atoms with Gasteiger partial charge in [-0.25, -0.2) is 0 Å². The first kappa shape index (κ1) is 15.7. The van der Waals surface area contributed by atoms with Crippen LogP contribution in [0.25, 0.3) is 0 Å². The summed E-state index contributed by atoms with van der Waals surface area (Å²) in [6, 6.07) is 0. The zero-order valence-corrected chi connectivity index (χ0v) is 11.4. The first-order valence-corrected chi connectivity index (χ1v) is 6.96. The van der Waals surface area contributed by atoms with Gasteiger partial charge in [0, 0.05) is 32.0 Å². The fourth-order valence-electron chi connectivity index (χ4n) is 2.38. The summed E-state index contributed by atoms with van der Waals surface area (Å²) in [6.07, 6.45) is 6.08. The molecule has 0 aromatic carbocycles. The normalized spacial score (nSPS) is 15.2. The van der Waals surface area contributed by atoms with Crippen LogP contribution >= 0.6 is 0 Å². The highest BCUT2D eigenvalue weighted by Gasteiger charge is 2.22. The lowest BCUT2D eigenvalue weighted by Crippen LogP contribution is -2.37. The van der Waals surface area contributed by atoms with Crippen molar-refractivity contribution < 1.29 is 14.7 Å². The molecule has 0 aliphatic heterocycles. The van der Waals surface area contributed by atoms with E-state index >= 15 is 0 Å². The molecule has 1 rings (SSSR count). The van der Waals surface area contributed by atoms with Crippen LogP contribution < -0.4 is 5.32 Å². The highest BCUT2D eigenvalue weighted by molar-refractivity contribution is 5.80. The minimum atomic E-state index is -0.0688. The van der Waals surface area contributed by atoms with E-state index in [0.717, 1.165) is 25.7 Å². The Labute approximate surface area is 114 Å². The van der Waals surface area contributed by atoms with Crippen molar-refractivity contribution in [3.63, 3.8) is 0 Å². The Bertz CT molecular complexity index is 312. The highest BCUT2D eigenvalue weighted by Crippen LogP contribution is 2.24. The lowest BCUT2D eigenvalue weighted by atomic mass is 10.1. The van der Waals surface area contributed by atoms with E-state index in [4.69, 9.17) is 5.11 Å². The van der Waals surface area contributed by atoms with E-state index in [-0.39, 0.29) is 30.8 Å². The van der Waals surface area contributed by atoms with E-state index < -0.39 is 0 Å². The van der Waals surface area contributed by atoms with Gasteiger partial charge in [-0.1, -0.05) is 18.9 Å². The number of hydrogen-bond acceptors (Lipinski definition) is 3. The standard InChI is InChI=1S/C14H24N2O3/c1-2-9-16(10-11-17)13(18)7-8-15-14(19)12-5-3-4-6-12/h2,12,17H,1,3-11H2,(H,15,19). The molecule has 5 heteroatoms. The van der Waals surface area contributed by atoms with Gasteiger partial charge in [0.2, 0.25) is 11.8 Å². The predicted octanol–water partition coefficient (Wildman–Crippen LogP) is 0.690. The van der Waals surface area contributed by atoms with Gasteiger partial charge in [-0.2, -0.15) is 0 Å². The Morgan fingerprint density at radius 2 is 2.05 bits per heavy atom. The maximum Gasteiger partial charge on any atom is 0.224 e. The zero-order chi connectivity index (χ0) is 14.1. The summed E-state index contributed by atoms with van der Waals surface area (Å²) < 4.78 is 0. The van der Waals surface area contributed by atoms with Crippen molar-refractivity contribution in [3.8, 4) is 0 Å². The molecule has 2 N–H and O–H groups in total. The molecule has 19 heavy (non-hydrogen) atoms. The van der Waals surface area contributed by atoms with Gasteiger partial charge in [0.05, 0.1) is 6.61 Å². The molecule has 2 amide bonds. The fraction of sp³-hybridized carbons (Fsp3) is 0.714. The van der Waals surface area contributed by atoms with Crippen LogP contribution in [0.5, 0.6) is 0 Å². The third-order valence-electron chi connectivity index (χ3n) is 3.44. The van der Waals surface area contributed by atoms with Crippen LogP contribution in [-0.4, -0.2) is 48.1 Å². The molecule has 0 saturated heterocycles. The average Bonchev–Trinajstić information content (AvgIpc) is 2.92. The third-order valence-corrected chi connectivity index (χ3v) is 3.44. The lowest BCUT2D eigenvalue weighted by Gasteiger charge is -2.20. The molecule has 1 fully saturated rings. The molecule has 0 atom stereocenters. The van der Waals surface area contributed by atoms with Gasteiger partial charge in [-0.3, -0.25) is 9.59 Å². The number of amides is 2. The Morgan fingerprint density at radius 3 is 2.63 bits per heavy atom. The summed E-state index contributed by atoms with van der Waals surface area (Å²) in [4.78, 5) is 25.1. The molecule has 0 aromatic rings. The molecule has 1 saturated carbocycles. The van der Waals surface area contributed by atoms with Crippen LogP contribution in [0, 0.1) is 5.92 Å². The first-order chi connectivity index (χ1) is 9.19. The van der Waals surface area contributed by atoms with E-state index in [1.165, 1.54) is 4.90 Å². The summed E-state index contributed by atoms with van der Waals surface area (Å²) >= 11 is 0. The molecule has 0 spiro atoms. The number of carbonyl (C=O) groups excluding carboxylic acids is 2. The number of aliphatic hydroxyl groups is 1. The summed E-state index contributed by atoms with van der Waals surface area (Å²) in [6.45, 7) is 4.62. The van der Waals surface area contributed by atoms with Crippen molar-refractivity contribution in [3.05, 3.63) is 12.7 Å². The number of hydrogen-bond donors (Lipinski definition) is 2. The number of aliphatic hydroxyl groups excluding tert-OH is 1. The van der Waals surface area contributed by atoms with E-state index in [2.05, 4.69) is 11.9 Å². The van der Waals surface area contributed by atoms with Crippen molar-refractivity contribution >= 4 is 11.8 Å². The van der Waals surface area contributed by atoms with Gasteiger partial charge < -0.3 is 15.3 Å². The fourth-order valence-corrected chi connectivity index (χ4v) is 2.38. The average molecular weight is 268 g/mol. The third kappa shape index (κ3) is 5.42. The quantitative estimate of drug-likeness (QED) is 0.636. The Kier molecular flexibility index (Phi) is 7.18. The molecule has 0 heterocycles. The number of rotatable bonds is 8. The highest BCUT2D eigenvalue weighted by atomic mass is 16.3. The molecule has 0 aromatic heterocycles. The van der Waals surface area contributed by atoms with Gasteiger partial charge in [0.25, 0.3) is 0 Å². The number of nitrogens with zero attached hydrogens (tertiary/aromatic N) is 1. The van der Waals surface area contributed by atoms with Crippen molar-refractivity contribution in [2.45, 2.75) is 32.1 Å². The number of carbonyl (C=O) groups is 2. The van der Waals surface area contributed by atoms with Crippen LogP contribution in [0.15, 0.2) is 12.7 Å². The van der Waals surface area contributed by atoms with Crippen LogP contribution in [0.4, 0.5) is 0 Å². The minimum Gasteiger partial charge on any atom is -0.395 e. The molecule has 1 aliphatic carbocycles. The van der Waals surface area contributed by atoms with Crippen LogP contribution in [0.1, 0.15) is 32.1 Å². The van der Waals surface area contributed by atoms with Crippen LogP contribution in [0.2, 0.25) is 0 Å².